The Morgan fingerprint density at radius 2 is 1.59 bits per heavy atom. The van der Waals surface area contributed by atoms with Crippen LogP contribution in [0.2, 0.25) is 0 Å². The summed E-state index contributed by atoms with van der Waals surface area (Å²) in [6.45, 7) is -1.59. The van der Waals surface area contributed by atoms with Gasteiger partial charge < -0.3 is 49.6 Å². The third-order valence-electron chi connectivity index (χ3n) is 2.65. The molecule has 0 bridgehead atoms. The van der Waals surface area contributed by atoms with E-state index in [2.05, 4.69) is 0 Å². The Labute approximate surface area is 128 Å². The third-order valence-corrected chi connectivity index (χ3v) is 2.65. The van der Waals surface area contributed by atoms with Crippen LogP contribution in [0.3, 0.4) is 0 Å². The smallest absolute Gasteiger partial charge is 0.189 e. The summed E-state index contributed by atoms with van der Waals surface area (Å²) in [5.74, 6) is -1.94. The molecule has 0 saturated heterocycles. The minimum Gasteiger partial charge on any atom is -0.394 e. The topological polar surface area (TPSA) is 158 Å². The van der Waals surface area contributed by atoms with Gasteiger partial charge in [-0.05, 0) is 6.92 Å². The number of ether oxygens (including phenoxy) is 4. The Hall–Kier alpha value is -0.400. The molecule has 0 aromatic carbocycles. The predicted molar refractivity (Wildman–Crippen MR) is 71.5 cm³/mol. The van der Waals surface area contributed by atoms with Gasteiger partial charge in [0.2, 0.25) is 0 Å². The molecule has 0 rings (SSSR count). The molecule has 0 aliphatic rings. The van der Waals surface area contributed by atoms with Crippen LogP contribution in [0.4, 0.5) is 0 Å². The van der Waals surface area contributed by atoms with E-state index in [1.807, 2.05) is 0 Å². The fraction of sp³-hybridized carbons (Fsp3) is 1.00. The lowest BCUT2D eigenvalue weighted by Crippen LogP contribution is -2.44. The number of methoxy groups -OCH3 is 1. The summed E-state index contributed by atoms with van der Waals surface area (Å²) < 4.78 is 19.8. The maximum atomic E-state index is 9.52. The van der Waals surface area contributed by atoms with Gasteiger partial charge in [0.05, 0.1) is 33.0 Å². The molecule has 0 heterocycles. The Bertz CT molecular complexity index is 271. The zero-order valence-corrected chi connectivity index (χ0v) is 12.7. The first kappa shape index (κ1) is 21.6. The second-order valence-corrected chi connectivity index (χ2v) is 4.66. The van der Waals surface area contributed by atoms with Crippen LogP contribution in [0.1, 0.15) is 6.92 Å². The largest absolute Gasteiger partial charge is 0.394 e. The summed E-state index contributed by atoms with van der Waals surface area (Å²) in [4.78, 5) is 0. The van der Waals surface area contributed by atoms with Crippen molar-refractivity contribution in [1.82, 2.24) is 0 Å². The quantitative estimate of drug-likeness (QED) is 0.189. The average molecular weight is 330 g/mol. The van der Waals surface area contributed by atoms with E-state index in [1.54, 1.807) is 0 Å². The molecule has 0 aliphatic carbocycles. The van der Waals surface area contributed by atoms with Crippen molar-refractivity contribution in [3.63, 3.8) is 0 Å². The lowest BCUT2D eigenvalue weighted by Gasteiger charge is -2.29. The Morgan fingerprint density at radius 3 is 2.00 bits per heavy atom. The zero-order valence-electron chi connectivity index (χ0n) is 12.7. The number of rotatable bonds is 13. The molecule has 0 radical (unpaired) electrons. The average Bonchev–Trinajstić information content (AvgIpc) is 2.50. The number of hydrogen-bond donors (Lipinski definition) is 6. The Kier molecular flexibility index (Phi) is 11.0. The Balaban J connectivity index is 4.43. The summed E-state index contributed by atoms with van der Waals surface area (Å²) in [5.41, 5.74) is 0. The van der Waals surface area contributed by atoms with E-state index in [0.29, 0.717) is 0 Å². The van der Waals surface area contributed by atoms with Crippen molar-refractivity contribution in [2.75, 3.05) is 40.1 Å². The van der Waals surface area contributed by atoms with Crippen molar-refractivity contribution in [2.45, 2.75) is 37.5 Å². The van der Waals surface area contributed by atoms with E-state index >= 15 is 0 Å². The van der Waals surface area contributed by atoms with Crippen LogP contribution in [0, 0.1) is 0 Å². The van der Waals surface area contributed by atoms with Gasteiger partial charge in [-0.3, -0.25) is 0 Å². The monoisotopic (exact) mass is 330 g/mol. The third kappa shape index (κ3) is 8.29. The second-order valence-electron chi connectivity index (χ2n) is 4.66. The van der Waals surface area contributed by atoms with Crippen molar-refractivity contribution < 1.29 is 49.6 Å². The normalized spacial score (nSPS) is 20.2. The van der Waals surface area contributed by atoms with Gasteiger partial charge in [-0.1, -0.05) is 0 Å². The summed E-state index contributed by atoms with van der Waals surface area (Å²) in [7, 11) is 1.29. The van der Waals surface area contributed by atoms with Crippen molar-refractivity contribution in [2.24, 2.45) is 0 Å². The van der Waals surface area contributed by atoms with Crippen molar-refractivity contribution >= 4 is 0 Å². The van der Waals surface area contributed by atoms with Crippen LogP contribution < -0.4 is 0 Å². The summed E-state index contributed by atoms with van der Waals surface area (Å²) in [6, 6.07) is 0. The maximum Gasteiger partial charge on any atom is 0.189 e. The van der Waals surface area contributed by atoms with Crippen LogP contribution in [0.25, 0.3) is 0 Å². The molecular formula is C12H26O10. The van der Waals surface area contributed by atoms with Crippen LogP contribution >= 0.6 is 0 Å². The molecule has 6 N–H and O–H groups in total. The highest BCUT2D eigenvalue weighted by molar-refractivity contribution is 4.70. The number of aliphatic hydroxyl groups excluding tert-OH is 5. The maximum absolute atomic E-state index is 9.52. The lowest BCUT2D eigenvalue weighted by atomic mass is 10.2. The predicted octanol–water partition coefficient (Wildman–Crippen LogP) is -3.26. The molecule has 0 fully saturated rings. The summed E-state index contributed by atoms with van der Waals surface area (Å²) in [5, 5.41) is 55.2. The standard InChI is InChI=1S/C12H26O10/c1-12(18,7-16)22-10(17)6-20-8(3-13)9(4-14)21-11(5-15)19-2/h8-11,13-18H,3-7H2,1-2H3/t8-,9+,10-,11-,12+/m0/s1. The summed E-state index contributed by atoms with van der Waals surface area (Å²) >= 11 is 0. The first-order valence-corrected chi connectivity index (χ1v) is 6.65. The van der Waals surface area contributed by atoms with Gasteiger partial charge in [0.25, 0.3) is 0 Å². The van der Waals surface area contributed by atoms with Crippen LogP contribution in [-0.2, 0) is 18.9 Å². The van der Waals surface area contributed by atoms with Crippen LogP contribution in [0.5, 0.6) is 0 Å². The van der Waals surface area contributed by atoms with Crippen molar-refractivity contribution in [3.05, 3.63) is 0 Å². The van der Waals surface area contributed by atoms with Gasteiger partial charge in [-0.25, -0.2) is 0 Å². The fourth-order valence-corrected chi connectivity index (χ4v) is 1.46. The highest BCUT2D eigenvalue weighted by atomic mass is 16.7. The molecule has 0 aromatic heterocycles. The van der Waals surface area contributed by atoms with E-state index in [-0.39, 0.29) is 0 Å². The molecule has 0 saturated carbocycles. The molecule has 10 heteroatoms. The van der Waals surface area contributed by atoms with Gasteiger partial charge in [0, 0.05) is 7.11 Å². The first-order chi connectivity index (χ1) is 10.3. The van der Waals surface area contributed by atoms with E-state index < -0.39 is 63.6 Å². The van der Waals surface area contributed by atoms with Gasteiger partial charge >= 0.3 is 0 Å². The van der Waals surface area contributed by atoms with E-state index in [1.165, 1.54) is 7.11 Å². The highest BCUT2D eigenvalue weighted by Gasteiger charge is 2.28. The number of hydrogen-bond acceptors (Lipinski definition) is 10. The molecule has 0 amide bonds. The second kappa shape index (κ2) is 11.2. The molecule has 134 valence electrons. The minimum absolute atomic E-state index is 0.460. The highest BCUT2D eigenvalue weighted by Crippen LogP contribution is 2.11. The van der Waals surface area contributed by atoms with Gasteiger partial charge in [-0.2, -0.15) is 0 Å². The molecule has 10 nitrogen and oxygen atoms in total. The molecule has 0 aromatic rings. The van der Waals surface area contributed by atoms with Crippen LogP contribution in [0.15, 0.2) is 0 Å². The first-order valence-electron chi connectivity index (χ1n) is 6.65. The van der Waals surface area contributed by atoms with Gasteiger partial charge in [0.15, 0.2) is 18.4 Å². The van der Waals surface area contributed by atoms with E-state index in [9.17, 15) is 20.4 Å². The van der Waals surface area contributed by atoms with E-state index in [4.69, 9.17) is 29.2 Å². The van der Waals surface area contributed by atoms with Crippen molar-refractivity contribution in [3.8, 4) is 0 Å². The molecule has 5 atom stereocenters. The Morgan fingerprint density at radius 1 is 1.00 bits per heavy atom. The molecule has 22 heavy (non-hydrogen) atoms. The number of aliphatic hydroxyl groups is 6. The van der Waals surface area contributed by atoms with Gasteiger partial charge in [-0.15, -0.1) is 0 Å². The fourth-order valence-electron chi connectivity index (χ4n) is 1.46. The molecule has 0 aliphatic heterocycles. The van der Waals surface area contributed by atoms with Gasteiger partial charge in [0.1, 0.15) is 12.2 Å². The molecular weight excluding hydrogens is 304 g/mol. The lowest BCUT2D eigenvalue weighted by molar-refractivity contribution is -0.298. The van der Waals surface area contributed by atoms with E-state index in [0.717, 1.165) is 6.92 Å². The SMILES string of the molecule is CO[C@H](CO)O[C@H](CO)[C@H](CO)OC[C@@H](O)O[C@@](C)(O)CO. The minimum atomic E-state index is -1.94. The summed E-state index contributed by atoms with van der Waals surface area (Å²) in [6.07, 6.45) is -4.64. The van der Waals surface area contributed by atoms with Crippen molar-refractivity contribution in [1.29, 1.82) is 0 Å². The molecule has 0 unspecified atom stereocenters. The molecule has 0 spiro atoms. The zero-order chi connectivity index (χ0) is 17.2. The van der Waals surface area contributed by atoms with Crippen LogP contribution in [-0.4, -0.2) is 101 Å².